The molecule has 0 saturated heterocycles. The monoisotopic (exact) mass is 773 g/mol. The second-order valence-corrected chi connectivity index (χ2v) is 18.3. The van der Waals surface area contributed by atoms with Crippen LogP contribution in [0.5, 0.6) is 0 Å². The second-order valence-electron chi connectivity index (χ2n) is 15.8. The molecule has 294 valence electrons. The van der Waals surface area contributed by atoms with Gasteiger partial charge in [0.05, 0.1) is 18.2 Å². The van der Waals surface area contributed by atoms with Gasteiger partial charge in [0.2, 0.25) is 5.91 Å². The van der Waals surface area contributed by atoms with Gasteiger partial charge in [-0.05, 0) is 74.3 Å². The lowest BCUT2D eigenvalue weighted by molar-refractivity contribution is -0.130. The minimum Gasteiger partial charge on any atom is -0.355 e. The number of carbonyl (C=O) groups is 2. The maximum atomic E-state index is 14.2. The van der Waals surface area contributed by atoms with Crippen molar-refractivity contribution in [2.75, 3.05) is 18.2 Å². The van der Waals surface area contributed by atoms with Crippen LogP contribution in [0.3, 0.4) is 0 Å². The van der Waals surface area contributed by atoms with E-state index in [0.717, 1.165) is 18.4 Å². The molecule has 0 fully saturated rings. The van der Waals surface area contributed by atoms with Gasteiger partial charge in [-0.15, -0.1) is 11.6 Å². The standard InChI is InChI=1S/C34H56ClN3O5S.C4H7Cl.C2H6/c1-23(21-29(39)36-19-20-44(41,42)43)13-14-24(2)28(16-17-32(6,7)8)38-31(40)30(25(3)22-27(5)35)37-34(38,12)18-15-26(4)33(9,10)11;1-4(2)3-5;1-2/h13-14,22,25-26,28H,1-2,15-21H2,3-12H3,(H,36,39)(H,41,42,43);1,3H2,2H3;1-2H3/b14-13-,27-22+;;. The minimum atomic E-state index is -4.16. The van der Waals surface area contributed by atoms with Crippen LogP contribution in [0.2, 0.25) is 0 Å². The lowest BCUT2D eigenvalue weighted by atomic mass is 9.78. The number of hydrogen-bond acceptors (Lipinski definition) is 5. The normalized spacial score (nSPS) is 18.5. The van der Waals surface area contributed by atoms with Crippen LogP contribution in [-0.4, -0.2) is 65.3 Å². The molecule has 0 aromatic rings. The quantitative estimate of drug-likeness (QED) is 0.0661. The smallest absolute Gasteiger partial charge is 0.270 e. The summed E-state index contributed by atoms with van der Waals surface area (Å²) in [4.78, 5) is 33.5. The lowest BCUT2D eigenvalue weighted by Gasteiger charge is -2.42. The van der Waals surface area contributed by atoms with Gasteiger partial charge in [0, 0.05) is 23.4 Å². The highest BCUT2D eigenvalue weighted by atomic mass is 35.5. The van der Waals surface area contributed by atoms with Gasteiger partial charge in [0.1, 0.15) is 11.4 Å². The fourth-order valence-electron chi connectivity index (χ4n) is 5.03. The van der Waals surface area contributed by atoms with Gasteiger partial charge in [-0.1, -0.05) is 124 Å². The fourth-order valence-corrected chi connectivity index (χ4v) is 5.58. The highest BCUT2D eigenvalue weighted by Crippen LogP contribution is 2.40. The van der Waals surface area contributed by atoms with Crippen LogP contribution in [-0.2, 0) is 19.7 Å². The highest BCUT2D eigenvalue weighted by Gasteiger charge is 2.48. The zero-order valence-electron chi connectivity index (χ0n) is 33.9. The first-order valence-corrected chi connectivity index (χ1v) is 20.4. The molecule has 0 aromatic heterocycles. The van der Waals surface area contributed by atoms with Crippen molar-refractivity contribution in [3.8, 4) is 0 Å². The van der Waals surface area contributed by atoms with Gasteiger partial charge in [0.25, 0.3) is 16.0 Å². The number of nitrogens with zero attached hydrogens (tertiary/aromatic N) is 2. The Morgan fingerprint density at radius 1 is 1.06 bits per heavy atom. The SMILES string of the molecule is C=C(/C=C\C(=C)C(CCC(C)(C)C)N1C(=O)C(C(C)/C=C(\C)Cl)=NC1(C)CCC(C)C(C)(C)C)CC(=O)NCCS(=O)(=O)O.C=C(C)CCl.CC. The number of carbonyl (C=O) groups excluding carboxylic acids is 2. The van der Waals surface area contributed by atoms with Gasteiger partial charge >= 0.3 is 0 Å². The molecular weight excluding hydrogens is 705 g/mol. The Morgan fingerprint density at radius 2 is 1.59 bits per heavy atom. The molecule has 0 bridgehead atoms. The van der Waals surface area contributed by atoms with E-state index in [1.165, 1.54) is 0 Å². The van der Waals surface area contributed by atoms with Gasteiger partial charge in [0.15, 0.2) is 0 Å². The van der Waals surface area contributed by atoms with E-state index in [4.69, 9.17) is 32.7 Å². The summed E-state index contributed by atoms with van der Waals surface area (Å²) in [5.41, 5.74) is 2.05. The van der Waals surface area contributed by atoms with Crippen LogP contribution in [0.4, 0.5) is 0 Å². The summed E-state index contributed by atoms with van der Waals surface area (Å²) in [7, 11) is -4.16. The second kappa shape index (κ2) is 22.8. The molecular formula is C40H69Cl2N3O5S. The van der Waals surface area contributed by atoms with Crippen molar-refractivity contribution in [3.05, 3.63) is 59.7 Å². The van der Waals surface area contributed by atoms with Gasteiger partial charge in [-0.25, -0.2) is 0 Å². The van der Waals surface area contributed by atoms with E-state index in [2.05, 4.69) is 73.5 Å². The Kier molecular flexibility index (Phi) is 22.7. The molecule has 1 heterocycles. The molecule has 4 atom stereocenters. The van der Waals surface area contributed by atoms with E-state index in [1.54, 1.807) is 19.1 Å². The molecule has 0 radical (unpaired) electrons. The zero-order chi connectivity index (χ0) is 40.5. The van der Waals surface area contributed by atoms with E-state index in [9.17, 15) is 18.0 Å². The largest absolute Gasteiger partial charge is 0.355 e. The highest BCUT2D eigenvalue weighted by molar-refractivity contribution is 7.85. The number of nitrogens with one attached hydrogen (secondary N) is 1. The van der Waals surface area contributed by atoms with E-state index in [1.807, 2.05) is 45.6 Å². The average Bonchev–Trinajstić information content (AvgIpc) is 3.24. The summed E-state index contributed by atoms with van der Waals surface area (Å²) in [5, 5.41) is 3.07. The van der Waals surface area contributed by atoms with E-state index in [-0.39, 0.29) is 41.7 Å². The van der Waals surface area contributed by atoms with Crippen LogP contribution in [0.1, 0.15) is 122 Å². The molecule has 1 aliphatic heterocycles. The lowest BCUT2D eigenvalue weighted by Crippen LogP contribution is -2.52. The first-order chi connectivity index (χ1) is 23.1. The first kappa shape index (κ1) is 50.9. The van der Waals surface area contributed by atoms with Crippen LogP contribution in [0, 0.1) is 22.7 Å². The third-order valence-corrected chi connectivity index (χ3v) is 9.80. The van der Waals surface area contributed by atoms with Crippen molar-refractivity contribution < 1.29 is 22.6 Å². The van der Waals surface area contributed by atoms with Crippen molar-refractivity contribution in [2.45, 2.75) is 134 Å². The Morgan fingerprint density at radius 3 is 2.02 bits per heavy atom. The number of amides is 2. The summed E-state index contributed by atoms with van der Waals surface area (Å²) in [6.07, 6.45) is 8.40. The maximum absolute atomic E-state index is 14.2. The molecule has 0 aromatic carbocycles. The van der Waals surface area contributed by atoms with Crippen molar-refractivity contribution in [2.24, 2.45) is 27.7 Å². The Hall–Kier alpha value is -2.20. The molecule has 1 rings (SSSR count). The van der Waals surface area contributed by atoms with Crippen LogP contribution in [0.25, 0.3) is 0 Å². The first-order valence-electron chi connectivity index (χ1n) is 17.9. The molecule has 1 aliphatic rings. The molecule has 2 N–H and O–H groups in total. The Balaban J connectivity index is 0. The van der Waals surface area contributed by atoms with Crippen molar-refractivity contribution in [3.63, 3.8) is 0 Å². The number of hydrogen-bond donors (Lipinski definition) is 2. The van der Waals surface area contributed by atoms with Gasteiger partial charge in [-0.2, -0.15) is 8.42 Å². The predicted molar refractivity (Wildman–Crippen MR) is 220 cm³/mol. The summed E-state index contributed by atoms with van der Waals surface area (Å²) in [6.45, 7) is 38.8. The molecule has 51 heavy (non-hydrogen) atoms. The summed E-state index contributed by atoms with van der Waals surface area (Å²) in [5.74, 6) is -0.365. The molecule has 4 unspecified atom stereocenters. The number of aliphatic imine (C=N–C) groups is 1. The number of allylic oxidation sites excluding steroid dienone is 4. The third-order valence-electron chi connectivity index (χ3n) is 8.50. The summed E-state index contributed by atoms with van der Waals surface area (Å²) in [6, 6.07) is -0.348. The van der Waals surface area contributed by atoms with Gasteiger partial charge < -0.3 is 10.2 Å². The third kappa shape index (κ3) is 21.2. The summed E-state index contributed by atoms with van der Waals surface area (Å²) >= 11 is 11.4. The molecule has 0 spiro atoms. The number of alkyl halides is 1. The molecule has 0 saturated carbocycles. The van der Waals surface area contributed by atoms with Crippen molar-refractivity contribution >= 4 is 50.8 Å². The topological polar surface area (TPSA) is 116 Å². The average molecular weight is 775 g/mol. The predicted octanol–water partition coefficient (Wildman–Crippen LogP) is 10.3. The Labute approximate surface area is 321 Å². The van der Waals surface area contributed by atoms with Crippen molar-refractivity contribution in [1.82, 2.24) is 10.2 Å². The zero-order valence-corrected chi connectivity index (χ0v) is 36.2. The van der Waals surface area contributed by atoms with Crippen LogP contribution < -0.4 is 5.32 Å². The van der Waals surface area contributed by atoms with E-state index in [0.29, 0.717) is 46.5 Å². The molecule has 2 amide bonds. The molecule has 0 aliphatic carbocycles. The molecule has 11 heteroatoms. The van der Waals surface area contributed by atoms with Crippen LogP contribution >= 0.6 is 23.2 Å². The van der Waals surface area contributed by atoms with Crippen molar-refractivity contribution in [1.29, 1.82) is 0 Å². The maximum Gasteiger partial charge on any atom is 0.270 e. The molecule has 8 nitrogen and oxygen atoms in total. The number of rotatable bonds is 17. The minimum absolute atomic E-state index is 0.0152. The Bertz CT molecular complexity index is 1380. The van der Waals surface area contributed by atoms with Crippen LogP contribution in [0.15, 0.2) is 64.7 Å². The fraction of sp³-hybridized carbons (Fsp3) is 0.675. The van der Waals surface area contributed by atoms with Gasteiger partial charge in [-0.3, -0.25) is 19.1 Å². The summed E-state index contributed by atoms with van der Waals surface area (Å²) < 4.78 is 30.7. The number of halogens is 2. The van der Waals surface area contributed by atoms with E-state index < -0.39 is 27.4 Å². The van der Waals surface area contributed by atoms with E-state index >= 15 is 0 Å².